The van der Waals surface area contributed by atoms with Crippen LogP contribution in [0.3, 0.4) is 0 Å². The summed E-state index contributed by atoms with van der Waals surface area (Å²) in [5, 5.41) is 7.35. The van der Waals surface area contributed by atoms with Crippen molar-refractivity contribution in [2.75, 3.05) is 24.5 Å². The lowest BCUT2D eigenvalue weighted by atomic mass is 9.96. The van der Waals surface area contributed by atoms with E-state index in [9.17, 15) is 4.79 Å². The molecule has 0 bridgehead atoms. The van der Waals surface area contributed by atoms with E-state index in [-0.39, 0.29) is 11.8 Å². The number of piperidine rings is 1. The molecule has 0 radical (unpaired) electrons. The van der Waals surface area contributed by atoms with Crippen molar-refractivity contribution in [3.05, 3.63) is 60.0 Å². The van der Waals surface area contributed by atoms with Crippen LogP contribution < -0.4 is 10.2 Å². The molecule has 1 aliphatic heterocycles. The maximum absolute atomic E-state index is 12.9. The van der Waals surface area contributed by atoms with Gasteiger partial charge in [0.2, 0.25) is 5.91 Å². The molecule has 7 heteroatoms. The van der Waals surface area contributed by atoms with Gasteiger partial charge in [-0.2, -0.15) is 5.10 Å². The maximum Gasteiger partial charge on any atom is 0.224 e. The minimum absolute atomic E-state index is 0.000599. The first-order valence-electron chi connectivity index (χ1n) is 11.7. The standard InChI is InChI=1S/C25H30N6O/c32-25(26-13-6-16-31-17-7-14-27-31)20-10-5-15-30(18-20)24-21-11-4-12-22(21)28-23(29-24)19-8-2-1-3-9-19/h1-3,7-9,14,17,20H,4-6,10-13,15-16,18H2,(H,26,32). The molecule has 1 fully saturated rings. The largest absolute Gasteiger partial charge is 0.356 e. The first-order valence-corrected chi connectivity index (χ1v) is 11.7. The molecule has 1 amide bonds. The highest BCUT2D eigenvalue weighted by molar-refractivity contribution is 5.79. The molecule has 1 N–H and O–H groups in total. The monoisotopic (exact) mass is 430 g/mol. The third kappa shape index (κ3) is 4.52. The van der Waals surface area contributed by atoms with E-state index < -0.39 is 0 Å². The summed E-state index contributed by atoms with van der Waals surface area (Å²) in [6.07, 6.45) is 9.71. The van der Waals surface area contributed by atoms with Crippen LogP contribution in [0.2, 0.25) is 0 Å². The fourth-order valence-corrected chi connectivity index (χ4v) is 4.80. The van der Waals surface area contributed by atoms with Crippen LogP contribution in [0, 0.1) is 5.92 Å². The molecule has 1 aliphatic carbocycles. The molecule has 1 atom stereocenters. The second-order valence-electron chi connectivity index (χ2n) is 8.71. The van der Waals surface area contributed by atoms with Crippen LogP contribution in [0.15, 0.2) is 48.8 Å². The number of anilines is 1. The topological polar surface area (TPSA) is 75.9 Å². The van der Waals surface area contributed by atoms with Crippen LogP contribution in [0.25, 0.3) is 11.4 Å². The van der Waals surface area contributed by atoms with Gasteiger partial charge in [-0.15, -0.1) is 0 Å². The molecule has 2 aromatic heterocycles. The van der Waals surface area contributed by atoms with Crippen molar-refractivity contribution in [3.8, 4) is 11.4 Å². The Morgan fingerprint density at radius 2 is 2.00 bits per heavy atom. The Labute approximate surface area is 188 Å². The number of carbonyl (C=O) groups is 1. The molecule has 32 heavy (non-hydrogen) atoms. The lowest BCUT2D eigenvalue weighted by Crippen LogP contribution is -2.44. The van der Waals surface area contributed by atoms with E-state index in [2.05, 4.69) is 27.4 Å². The van der Waals surface area contributed by atoms with Crippen molar-refractivity contribution in [2.24, 2.45) is 5.92 Å². The number of aryl methyl sites for hydroxylation is 2. The fourth-order valence-electron chi connectivity index (χ4n) is 4.80. The lowest BCUT2D eigenvalue weighted by Gasteiger charge is -2.34. The molecule has 1 aromatic carbocycles. The van der Waals surface area contributed by atoms with Gasteiger partial charge in [-0.25, -0.2) is 9.97 Å². The van der Waals surface area contributed by atoms with Gasteiger partial charge in [0.05, 0.1) is 5.92 Å². The average Bonchev–Trinajstić information content (AvgIpc) is 3.54. The number of benzene rings is 1. The molecule has 166 valence electrons. The molecule has 0 saturated carbocycles. The Hall–Kier alpha value is -3.22. The number of hydrogen-bond donors (Lipinski definition) is 1. The summed E-state index contributed by atoms with van der Waals surface area (Å²) < 4.78 is 1.90. The number of aromatic nitrogens is 4. The van der Waals surface area contributed by atoms with Crippen LogP contribution in [0.4, 0.5) is 5.82 Å². The smallest absolute Gasteiger partial charge is 0.224 e. The van der Waals surface area contributed by atoms with Crippen molar-refractivity contribution in [2.45, 2.75) is 45.1 Å². The molecule has 0 spiro atoms. The normalized spacial score (nSPS) is 17.9. The van der Waals surface area contributed by atoms with Gasteiger partial charge in [0.15, 0.2) is 5.82 Å². The Bertz CT molecular complexity index is 1050. The Morgan fingerprint density at radius 3 is 2.84 bits per heavy atom. The Morgan fingerprint density at radius 1 is 1.09 bits per heavy atom. The molecule has 1 unspecified atom stereocenters. The third-order valence-corrected chi connectivity index (χ3v) is 6.46. The van der Waals surface area contributed by atoms with Crippen LogP contribution in [-0.2, 0) is 24.2 Å². The predicted molar refractivity (Wildman–Crippen MR) is 124 cm³/mol. The van der Waals surface area contributed by atoms with Crippen molar-refractivity contribution in [1.29, 1.82) is 0 Å². The van der Waals surface area contributed by atoms with Crippen LogP contribution >= 0.6 is 0 Å². The van der Waals surface area contributed by atoms with E-state index in [1.165, 1.54) is 11.3 Å². The second-order valence-corrected chi connectivity index (χ2v) is 8.71. The van der Waals surface area contributed by atoms with E-state index in [1.807, 2.05) is 35.1 Å². The maximum atomic E-state index is 12.9. The summed E-state index contributed by atoms with van der Waals surface area (Å²) in [5.74, 6) is 2.00. The average molecular weight is 431 g/mol. The van der Waals surface area contributed by atoms with Gasteiger partial charge >= 0.3 is 0 Å². The molecular weight excluding hydrogens is 400 g/mol. The van der Waals surface area contributed by atoms with E-state index in [4.69, 9.17) is 9.97 Å². The minimum atomic E-state index is 0.000599. The highest BCUT2D eigenvalue weighted by Crippen LogP contribution is 2.33. The van der Waals surface area contributed by atoms with Crippen LogP contribution in [-0.4, -0.2) is 45.3 Å². The Kier molecular flexibility index (Phi) is 6.14. The number of amides is 1. The van der Waals surface area contributed by atoms with Gasteiger partial charge in [-0.1, -0.05) is 30.3 Å². The molecule has 3 heterocycles. The quantitative estimate of drug-likeness (QED) is 0.583. The molecule has 2 aliphatic rings. The summed E-state index contributed by atoms with van der Waals surface area (Å²) in [6.45, 7) is 3.17. The lowest BCUT2D eigenvalue weighted by molar-refractivity contribution is -0.125. The van der Waals surface area contributed by atoms with Crippen molar-refractivity contribution < 1.29 is 4.79 Å². The molecular formula is C25H30N6O. The molecule has 5 rings (SSSR count). The van der Waals surface area contributed by atoms with Crippen LogP contribution in [0.1, 0.15) is 36.9 Å². The number of carbonyl (C=O) groups excluding carboxylic acids is 1. The number of nitrogens with one attached hydrogen (secondary N) is 1. The van der Waals surface area contributed by atoms with Gasteiger partial charge in [-0.05, 0) is 44.6 Å². The second kappa shape index (κ2) is 9.51. The van der Waals surface area contributed by atoms with Gasteiger partial charge in [0.1, 0.15) is 5.82 Å². The predicted octanol–water partition coefficient (Wildman–Crippen LogP) is 3.25. The third-order valence-electron chi connectivity index (χ3n) is 6.46. The highest BCUT2D eigenvalue weighted by atomic mass is 16.1. The minimum Gasteiger partial charge on any atom is -0.356 e. The molecule has 7 nitrogen and oxygen atoms in total. The van der Waals surface area contributed by atoms with Gasteiger partial charge in [-0.3, -0.25) is 9.48 Å². The SMILES string of the molecule is O=C(NCCCn1cccn1)C1CCCN(c2nc(-c3ccccc3)nc3c2CCC3)C1. The highest BCUT2D eigenvalue weighted by Gasteiger charge is 2.30. The number of hydrogen-bond acceptors (Lipinski definition) is 5. The summed E-state index contributed by atoms with van der Waals surface area (Å²) in [6, 6.07) is 12.1. The van der Waals surface area contributed by atoms with E-state index >= 15 is 0 Å². The summed E-state index contributed by atoms with van der Waals surface area (Å²) in [4.78, 5) is 25.1. The first kappa shape index (κ1) is 20.7. The fraction of sp³-hybridized carbons (Fsp3) is 0.440. The van der Waals surface area contributed by atoms with Gasteiger partial charge in [0.25, 0.3) is 0 Å². The van der Waals surface area contributed by atoms with Gasteiger partial charge < -0.3 is 10.2 Å². The first-order chi connectivity index (χ1) is 15.8. The number of fused-ring (bicyclic) bond motifs is 1. The number of nitrogens with zero attached hydrogens (tertiary/aromatic N) is 5. The zero-order chi connectivity index (χ0) is 21.8. The number of rotatable bonds is 7. The van der Waals surface area contributed by atoms with Crippen LogP contribution in [0.5, 0.6) is 0 Å². The van der Waals surface area contributed by atoms with E-state index in [0.717, 1.165) is 75.4 Å². The molecule has 1 saturated heterocycles. The van der Waals surface area contributed by atoms with E-state index in [1.54, 1.807) is 6.20 Å². The zero-order valence-corrected chi connectivity index (χ0v) is 18.4. The van der Waals surface area contributed by atoms with E-state index in [0.29, 0.717) is 6.54 Å². The van der Waals surface area contributed by atoms with Crippen molar-refractivity contribution in [3.63, 3.8) is 0 Å². The summed E-state index contributed by atoms with van der Waals surface area (Å²) >= 11 is 0. The molecule has 3 aromatic rings. The van der Waals surface area contributed by atoms with Gasteiger partial charge in [0, 0.05) is 55.4 Å². The zero-order valence-electron chi connectivity index (χ0n) is 18.4. The summed E-state index contributed by atoms with van der Waals surface area (Å²) in [5.41, 5.74) is 3.51. The summed E-state index contributed by atoms with van der Waals surface area (Å²) in [7, 11) is 0. The van der Waals surface area contributed by atoms with Crippen molar-refractivity contribution >= 4 is 11.7 Å². The Balaban J connectivity index is 1.27. The van der Waals surface area contributed by atoms with Crippen molar-refractivity contribution in [1.82, 2.24) is 25.1 Å².